The van der Waals surface area contributed by atoms with Crippen molar-refractivity contribution in [3.05, 3.63) is 65.5 Å². The Balaban J connectivity index is 2.21. The molecule has 2 aromatic rings. The third-order valence-corrected chi connectivity index (χ3v) is 3.11. The van der Waals surface area contributed by atoms with Crippen LogP contribution in [0.1, 0.15) is 28.5 Å². The number of ether oxygens (including phenoxy) is 1. The maximum atomic E-state index is 11.8. The summed E-state index contributed by atoms with van der Waals surface area (Å²) in [6.07, 6.45) is 1.70. The zero-order chi connectivity index (χ0) is 11.9. The molecule has 3 nitrogen and oxygen atoms in total. The molecule has 0 fully saturated rings. The highest BCUT2D eigenvalue weighted by molar-refractivity contribution is 5.95. The first-order chi connectivity index (χ1) is 8.22. The summed E-state index contributed by atoms with van der Waals surface area (Å²) in [5.41, 5.74) is 1.48. The molecular weight excluding hydrogens is 214 g/mol. The number of nitrogens with zero attached hydrogens (tertiary/aromatic N) is 1. The van der Waals surface area contributed by atoms with Gasteiger partial charge in [0.1, 0.15) is 0 Å². The maximum absolute atomic E-state index is 11.8. The van der Waals surface area contributed by atoms with E-state index in [-0.39, 0.29) is 5.97 Å². The summed E-state index contributed by atoms with van der Waals surface area (Å²) in [5.74, 6) is -0.284. The Morgan fingerprint density at radius 1 is 1.12 bits per heavy atom. The van der Waals surface area contributed by atoms with Gasteiger partial charge < -0.3 is 4.74 Å². The van der Waals surface area contributed by atoms with Crippen LogP contribution < -0.4 is 0 Å². The first-order valence-corrected chi connectivity index (χ1v) is 5.46. The molecule has 0 amide bonds. The fourth-order valence-electron chi connectivity index (χ4n) is 2.21. The van der Waals surface area contributed by atoms with Crippen molar-refractivity contribution in [3.8, 4) is 0 Å². The number of esters is 1. The van der Waals surface area contributed by atoms with Crippen LogP contribution in [-0.2, 0) is 10.3 Å². The third kappa shape index (κ3) is 1.35. The summed E-state index contributed by atoms with van der Waals surface area (Å²) < 4.78 is 5.50. The van der Waals surface area contributed by atoms with Gasteiger partial charge in [-0.2, -0.15) is 0 Å². The van der Waals surface area contributed by atoms with Gasteiger partial charge in [-0.25, -0.2) is 4.79 Å². The minimum Gasteiger partial charge on any atom is -0.444 e. The molecule has 0 saturated carbocycles. The predicted octanol–water partition coefficient (Wildman–Crippen LogP) is 2.52. The molecule has 1 aromatic carbocycles. The van der Waals surface area contributed by atoms with Crippen LogP contribution in [0.4, 0.5) is 0 Å². The number of pyridine rings is 1. The lowest BCUT2D eigenvalue weighted by Gasteiger charge is -2.23. The van der Waals surface area contributed by atoms with Crippen molar-refractivity contribution < 1.29 is 9.53 Å². The van der Waals surface area contributed by atoms with E-state index in [0.29, 0.717) is 5.56 Å². The number of benzene rings is 1. The number of hydrogen-bond acceptors (Lipinski definition) is 3. The van der Waals surface area contributed by atoms with E-state index < -0.39 is 5.60 Å². The van der Waals surface area contributed by atoms with E-state index in [1.807, 2.05) is 43.3 Å². The predicted molar refractivity (Wildman–Crippen MR) is 62.5 cm³/mol. The van der Waals surface area contributed by atoms with Gasteiger partial charge in [0.05, 0.1) is 11.3 Å². The van der Waals surface area contributed by atoms with Crippen LogP contribution in [0.3, 0.4) is 0 Å². The van der Waals surface area contributed by atoms with Gasteiger partial charge in [-0.3, -0.25) is 4.98 Å². The Bertz CT molecular complexity index is 580. The van der Waals surface area contributed by atoms with Crippen LogP contribution in [0.15, 0.2) is 48.7 Å². The van der Waals surface area contributed by atoms with E-state index in [9.17, 15) is 4.79 Å². The van der Waals surface area contributed by atoms with Gasteiger partial charge >= 0.3 is 5.97 Å². The molecule has 1 aromatic heterocycles. The Morgan fingerprint density at radius 3 is 2.65 bits per heavy atom. The van der Waals surface area contributed by atoms with Gasteiger partial charge in [-0.1, -0.05) is 24.3 Å². The van der Waals surface area contributed by atoms with E-state index >= 15 is 0 Å². The summed E-state index contributed by atoms with van der Waals surface area (Å²) in [6.45, 7) is 1.87. The molecule has 0 saturated heterocycles. The summed E-state index contributed by atoms with van der Waals surface area (Å²) in [7, 11) is 0. The van der Waals surface area contributed by atoms with Gasteiger partial charge in [0.2, 0.25) is 0 Å². The number of carbonyl (C=O) groups is 1. The molecule has 0 spiro atoms. The summed E-state index contributed by atoms with van der Waals surface area (Å²) in [5, 5.41) is 0. The van der Waals surface area contributed by atoms with E-state index in [2.05, 4.69) is 4.98 Å². The van der Waals surface area contributed by atoms with Crippen molar-refractivity contribution in [3.63, 3.8) is 0 Å². The summed E-state index contributed by atoms with van der Waals surface area (Å²) >= 11 is 0. The smallest absolute Gasteiger partial charge is 0.339 e. The van der Waals surface area contributed by atoms with E-state index in [0.717, 1.165) is 11.3 Å². The van der Waals surface area contributed by atoms with Crippen LogP contribution in [0.5, 0.6) is 0 Å². The number of cyclic esters (lactones) is 1. The van der Waals surface area contributed by atoms with E-state index in [1.54, 1.807) is 12.3 Å². The summed E-state index contributed by atoms with van der Waals surface area (Å²) in [4.78, 5) is 16.1. The summed E-state index contributed by atoms with van der Waals surface area (Å²) in [6, 6.07) is 13.0. The number of fused-ring (bicyclic) bond motifs is 1. The molecule has 84 valence electrons. The molecule has 17 heavy (non-hydrogen) atoms. The Morgan fingerprint density at radius 2 is 1.88 bits per heavy atom. The first-order valence-electron chi connectivity index (χ1n) is 5.46. The van der Waals surface area contributed by atoms with Crippen molar-refractivity contribution >= 4 is 5.97 Å². The molecular formula is C14H11NO2. The molecule has 0 radical (unpaired) electrons. The lowest BCUT2D eigenvalue weighted by atomic mass is 9.91. The number of carbonyl (C=O) groups excluding carboxylic acids is 1. The fraction of sp³-hybridized carbons (Fsp3) is 0.143. The molecule has 0 aliphatic carbocycles. The van der Waals surface area contributed by atoms with Crippen LogP contribution in [-0.4, -0.2) is 11.0 Å². The average Bonchev–Trinajstić information content (AvgIpc) is 2.65. The monoisotopic (exact) mass is 225 g/mol. The zero-order valence-corrected chi connectivity index (χ0v) is 9.38. The Hall–Kier alpha value is -2.16. The molecule has 1 atom stereocenters. The third-order valence-electron chi connectivity index (χ3n) is 3.11. The largest absolute Gasteiger partial charge is 0.444 e. The number of aromatic nitrogens is 1. The number of hydrogen-bond donors (Lipinski definition) is 0. The highest BCUT2D eigenvalue weighted by Gasteiger charge is 2.43. The zero-order valence-electron chi connectivity index (χ0n) is 9.38. The van der Waals surface area contributed by atoms with E-state index in [1.165, 1.54) is 0 Å². The highest BCUT2D eigenvalue weighted by atomic mass is 16.6. The Labute approximate surface area is 99.1 Å². The van der Waals surface area contributed by atoms with Crippen molar-refractivity contribution in [1.29, 1.82) is 0 Å². The molecule has 1 unspecified atom stereocenters. The molecule has 1 aliphatic rings. The van der Waals surface area contributed by atoms with Crippen LogP contribution >= 0.6 is 0 Å². The SMILES string of the molecule is CC1(c2ccccn2)OC(=O)c2ccccc21. The second-order valence-electron chi connectivity index (χ2n) is 4.18. The normalized spacial score (nSPS) is 22.1. The second-order valence-corrected chi connectivity index (χ2v) is 4.18. The molecule has 0 bridgehead atoms. The minimum atomic E-state index is -0.769. The van der Waals surface area contributed by atoms with Gasteiger partial charge in [-0.15, -0.1) is 0 Å². The molecule has 3 rings (SSSR count). The van der Waals surface area contributed by atoms with Gasteiger partial charge in [-0.05, 0) is 25.1 Å². The average molecular weight is 225 g/mol. The van der Waals surface area contributed by atoms with Crippen molar-refractivity contribution in [2.45, 2.75) is 12.5 Å². The second kappa shape index (κ2) is 3.42. The molecule has 2 heterocycles. The fourth-order valence-corrected chi connectivity index (χ4v) is 2.21. The van der Waals surface area contributed by atoms with Gasteiger partial charge in [0.15, 0.2) is 5.60 Å². The molecule has 1 aliphatic heterocycles. The van der Waals surface area contributed by atoms with Crippen LogP contribution in [0, 0.1) is 0 Å². The van der Waals surface area contributed by atoms with Gasteiger partial charge in [0.25, 0.3) is 0 Å². The topological polar surface area (TPSA) is 39.2 Å². The van der Waals surface area contributed by atoms with Gasteiger partial charge in [0, 0.05) is 11.8 Å². The molecule has 0 N–H and O–H groups in total. The van der Waals surface area contributed by atoms with Crippen molar-refractivity contribution in [1.82, 2.24) is 4.98 Å². The molecule has 3 heteroatoms. The lowest BCUT2D eigenvalue weighted by molar-refractivity contribution is 0.0165. The van der Waals surface area contributed by atoms with Crippen molar-refractivity contribution in [2.75, 3.05) is 0 Å². The number of rotatable bonds is 1. The van der Waals surface area contributed by atoms with Crippen LogP contribution in [0.25, 0.3) is 0 Å². The standard InChI is InChI=1S/C14H11NO2/c1-14(12-8-4-5-9-15-12)11-7-3-2-6-10(11)13(16)17-14/h2-9H,1H3. The minimum absolute atomic E-state index is 0.284. The Kier molecular flexibility index (Phi) is 2.01. The highest BCUT2D eigenvalue weighted by Crippen LogP contribution is 2.40. The van der Waals surface area contributed by atoms with Crippen LogP contribution in [0.2, 0.25) is 0 Å². The van der Waals surface area contributed by atoms with Crippen molar-refractivity contribution in [2.24, 2.45) is 0 Å². The lowest BCUT2D eigenvalue weighted by Crippen LogP contribution is -2.24. The first kappa shape index (κ1) is 10.0. The quantitative estimate of drug-likeness (QED) is 0.700. The van der Waals surface area contributed by atoms with E-state index in [4.69, 9.17) is 4.74 Å². The maximum Gasteiger partial charge on any atom is 0.339 e.